The topological polar surface area (TPSA) is 72.3 Å². The number of carbonyl (C=O) groups excluding carboxylic acids is 1. The van der Waals surface area contributed by atoms with Gasteiger partial charge in [0.25, 0.3) is 0 Å². The van der Waals surface area contributed by atoms with E-state index in [-0.39, 0.29) is 18.2 Å². The SMILES string of the molecule is Cc1nc2n(n1)CCCC2NC(C)c1cccc(N2CCOC2=O)c1. The number of nitrogens with one attached hydrogen (secondary N) is 1. The smallest absolute Gasteiger partial charge is 0.414 e. The van der Waals surface area contributed by atoms with E-state index in [1.54, 1.807) is 4.90 Å². The van der Waals surface area contributed by atoms with Crippen molar-refractivity contribution in [3.8, 4) is 0 Å². The maximum Gasteiger partial charge on any atom is 0.414 e. The zero-order valence-electron chi connectivity index (χ0n) is 14.6. The zero-order chi connectivity index (χ0) is 17.4. The summed E-state index contributed by atoms with van der Waals surface area (Å²) < 4.78 is 7.05. The third-order valence-electron chi connectivity index (χ3n) is 4.87. The molecular formula is C18H23N5O2. The van der Waals surface area contributed by atoms with Crippen LogP contribution < -0.4 is 10.2 Å². The van der Waals surface area contributed by atoms with Gasteiger partial charge in [0, 0.05) is 18.3 Å². The lowest BCUT2D eigenvalue weighted by molar-refractivity contribution is 0.181. The number of rotatable bonds is 4. The number of carbonyl (C=O) groups is 1. The van der Waals surface area contributed by atoms with E-state index < -0.39 is 0 Å². The minimum absolute atomic E-state index is 0.145. The summed E-state index contributed by atoms with van der Waals surface area (Å²) in [6, 6.07) is 8.42. The number of ether oxygens (including phenoxy) is 1. The van der Waals surface area contributed by atoms with Crippen LogP contribution in [0.25, 0.3) is 0 Å². The number of aromatic nitrogens is 3. The van der Waals surface area contributed by atoms with Gasteiger partial charge in [0.2, 0.25) is 0 Å². The second-order valence-corrected chi connectivity index (χ2v) is 6.68. The van der Waals surface area contributed by atoms with E-state index in [1.807, 2.05) is 23.7 Å². The van der Waals surface area contributed by atoms with Gasteiger partial charge >= 0.3 is 6.09 Å². The predicted molar refractivity (Wildman–Crippen MR) is 93.4 cm³/mol. The number of cyclic esters (lactones) is 1. The molecule has 3 heterocycles. The number of benzene rings is 1. The predicted octanol–water partition coefficient (Wildman–Crippen LogP) is 2.73. The Kier molecular flexibility index (Phi) is 4.17. The molecule has 2 unspecified atom stereocenters. The van der Waals surface area contributed by atoms with Gasteiger partial charge in [-0.1, -0.05) is 12.1 Å². The van der Waals surface area contributed by atoms with E-state index in [4.69, 9.17) is 4.74 Å². The Bertz CT molecular complexity index is 788. The first-order valence-corrected chi connectivity index (χ1v) is 8.83. The highest BCUT2D eigenvalue weighted by molar-refractivity contribution is 5.89. The molecule has 0 saturated carbocycles. The van der Waals surface area contributed by atoms with Crippen LogP contribution in [-0.2, 0) is 11.3 Å². The summed E-state index contributed by atoms with van der Waals surface area (Å²) in [5.74, 6) is 1.85. The summed E-state index contributed by atoms with van der Waals surface area (Å²) in [5, 5.41) is 8.14. The van der Waals surface area contributed by atoms with E-state index in [0.29, 0.717) is 13.2 Å². The molecule has 1 N–H and O–H groups in total. The maximum atomic E-state index is 11.8. The molecule has 2 aliphatic rings. The van der Waals surface area contributed by atoms with Crippen molar-refractivity contribution in [2.24, 2.45) is 0 Å². The highest BCUT2D eigenvalue weighted by Crippen LogP contribution is 2.28. The van der Waals surface area contributed by atoms with Crippen LogP contribution in [0.15, 0.2) is 24.3 Å². The van der Waals surface area contributed by atoms with Crippen LogP contribution in [0, 0.1) is 6.92 Å². The second kappa shape index (κ2) is 6.48. The highest BCUT2D eigenvalue weighted by atomic mass is 16.6. The lowest BCUT2D eigenvalue weighted by Crippen LogP contribution is -2.31. The Labute approximate surface area is 147 Å². The monoisotopic (exact) mass is 341 g/mol. The molecule has 1 amide bonds. The van der Waals surface area contributed by atoms with Crippen molar-refractivity contribution in [2.45, 2.75) is 45.3 Å². The lowest BCUT2D eigenvalue weighted by Gasteiger charge is -2.27. The van der Waals surface area contributed by atoms with Gasteiger partial charge in [0.15, 0.2) is 0 Å². The molecule has 4 rings (SSSR count). The number of anilines is 1. The molecule has 0 aliphatic carbocycles. The van der Waals surface area contributed by atoms with Gasteiger partial charge < -0.3 is 10.1 Å². The quantitative estimate of drug-likeness (QED) is 0.926. The van der Waals surface area contributed by atoms with E-state index in [9.17, 15) is 4.79 Å². The molecule has 0 radical (unpaired) electrons. The number of aryl methyl sites for hydroxylation is 2. The lowest BCUT2D eigenvalue weighted by atomic mass is 10.0. The third-order valence-corrected chi connectivity index (χ3v) is 4.87. The molecule has 0 bridgehead atoms. The Morgan fingerprint density at radius 2 is 2.24 bits per heavy atom. The third kappa shape index (κ3) is 3.11. The van der Waals surface area contributed by atoms with Crippen molar-refractivity contribution in [3.05, 3.63) is 41.5 Å². The van der Waals surface area contributed by atoms with Crippen molar-refractivity contribution in [1.29, 1.82) is 0 Å². The average Bonchev–Trinajstić information content (AvgIpc) is 3.20. The summed E-state index contributed by atoms with van der Waals surface area (Å²) in [7, 11) is 0. The molecule has 1 saturated heterocycles. The molecule has 25 heavy (non-hydrogen) atoms. The Morgan fingerprint density at radius 3 is 3.04 bits per heavy atom. The van der Waals surface area contributed by atoms with Gasteiger partial charge in [-0.15, -0.1) is 0 Å². The van der Waals surface area contributed by atoms with E-state index in [1.165, 1.54) is 0 Å². The van der Waals surface area contributed by atoms with Gasteiger partial charge in [-0.2, -0.15) is 5.10 Å². The van der Waals surface area contributed by atoms with Crippen molar-refractivity contribution in [1.82, 2.24) is 20.1 Å². The summed E-state index contributed by atoms with van der Waals surface area (Å²) in [5.41, 5.74) is 2.03. The minimum Gasteiger partial charge on any atom is -0.447 e. The average molecular weight is 341 g/mol. The number of fused-ring (bicyclic) bond motifs is 1. The Morgan fingerprint density at radius 1 is 1.36 bits per heavy atom. The fourth-order valence-corrected chi connectivity index (χ4v) is 3.61. The molecule has 7 heteroatoms. The minimum atomic E-state index is -0.270. The summed E-state index contributed by atoms with van der Waals surface area (Å²) >= 11 is 0. The van der Waals surface area contributed by atoms with Crippen LogP contribution in [0.3, 0.4) is 0 Å². The Balaban J connectivity index is 1.52. The first kappa shape index (κ1) is 16.1. The summed E-state index contributed by atoms with van der Waals surface area (Å²) in [6.07, 6.45) is 1.88. The molecule has 1 aromatic heterocycles. The van der Waals surface area contributed by atoms with Crippen LogP contribution in [0.2, 0.25) is 0 Å². The van der Waals surface area contributed by atoms with Crippen molar-refractivity contribution in [2.75, 3.05) is 18.1 Å². The maximum absolute atomic E-state index is 11.8. The molecule has 1 aromatic carbocycles. The fraction of sp³-hybridized carbons (Fsp3) is 0.500. The Hall–Kier alpha value is -2.41. The molecule has 0 spiro atoms. The van der Waals surface area contributed by atoms with Gasteiger partial charge in [-0.3, -0.25) is 4.90 Å². The highest BCUT2D eigenvalue weighted by Gasteiger charge is 2.26. The number of amides is 1. The number of hydrogen-bond donors (Lipinski definition) is 1. The normalized spacial score (nSPS) is 21.1. The van der Waals surface area contributed by atoms with Gasteiger partial charge in [0.05, 0.1) is 12.6 Å². The van der Waals surface area contributed by atoms with Crippen molar-refractivity contribution >= 4 is 11.8 Å². The van der Waals surface area contributed by atoms with Crippen molar-refractivity contribution in [3.63, 3.8) is 0 Å². The summed E-state index contributed by atoms with van der Waals surface area (Å²) in [4.78, 5) is 18.0. The molecule has 1 fully saturated rings. The molecule has 132 valence electrons. The zero-order valence-corrected chi connectivity index (χ0v) is 14.6. The van der Waals surface area contributed by atoms with E-state index in [2.05, 4.69) is 34.5 Å². The molecule has 2 aromatic rings. The first-order valence-electron chi connectivity index (χ1n) is 8.83. The van der Waals surface area contributed by atoms with Crippen LogP contribution in [0.1, 0.15) is 49.1 Å². The second-order valence-electron chi connectivity index (χ2n) is 6.68. The largest absolute Gasteiger partial charge is 0.447 e. The van der Waals surface area contributed by atoms with Crippen LogP contribution in [0.5, 0.6) is 0 Å². The first-order chi connectivity index (χ1) is 12.1. The number of hydrogen-bond acceptors (Lipinski definition) is 5. The van der Waals surface area contributed by atoms with E-state index in [0.717, 1.165) is 42.3 Å². The molecular weight excluding hydrogens is 318 g/mol. The fourth-order valence-electron chi connectivity index (χ4n) is 3.61. The van der Waals surface area contributed by atoms with E-state index >= 15 is 0 Å². The molecule has 2 atom stereocenters. The van der Waals surface area contributed by atoms with Gasteiger partial charge in [0.1, 0.15) is 18.3 Å². The standard InChI is InChI=1S/C18H23N5O2/c1-12(19-16-7-4-8-23-17(16)20-13(2)21-23)14-5-3-6-15(11-14)22-9-10-25-18(22)24/h3,5-6,11-12,16,19H,4,7-10H2,1-2H3. The van der Waals surface area contributed by atoms with Crippen LogP contribution in [0.4, 0.5) is 10.5 Å². The van der Waals surface area contributed by atoms with Crippen LogP contribution in [-0.4, -0.2) is 34.0 Å². The molecule has 7 nitrogen and oxygen atoms in total. The van der Waals surface area contributed by atoms with Gasteiger partial charge in [-0.25, -0.2) is 14.5 Å². The number of nitrogens with zero attached hydrogens (tertiary/aromatic N) is 4. The van der Waals surface area contributed by atoms with Crippen LogP contribution >= 0.6 is 0 Å². The molecule has 2 aliphatic heterocycles. The van der Waals surface area contributed by atoms with Gasteiger partial charge in [-0.05, 0) is 44.4 Å². The van der Waals surface area contributed by atoms with Crippen molar-refractivity contribution < 1.29 is 9.53 Å². The summed E-state index contributed by atoms with van der Waals surface area (Å²) in [6.45, 7) is 6.08.